The molecule has 2 rings (SSSR count). The van der Waals surface area contributed by atoms with Gasteiger partial charge in [-0.2, -0.15) is 0 Å². The number of hydrogen-bond donors (Lipinski definition) is 3. The summed E-state index contributed by atoms with van der Waals surface area (Å²) in [6.45, 7) is 0.0271. The normalized spacial score (nSPS) is 12.3. The first kappa shape index (κ1) is 14.1. The number of quaternary nitrogens is 1. The molecule has 0 aliphatic carbocycles. The number of carboxylic acids is 1. The first-order valence-electron chi connectivity index (χ1n) is 6.37. The van der Waals surface area contributed by atoms with Crippen molar-refractivity contribution in [3.05, 3.63) is 36.0 Å². The van der Waals surface area contributed by atoms with E-state index in [1.165, 1.54) is 0 Å². The zero-order valence-electron chi connectivity index (χ0n) is 11.3. The molecule has 6 nitrogen and oxygen atoms in total. The number of hydrogen-bond acceptors (Lipinski definition) is 2. The zero-order valence-corrected chi connectivity index (χ0v) is 11.3. The average molecular weight is 276 g/mol. The fourth-order valence-electron chi connectivity index (χ4n) is 2.27. The first-order chi connectivity index (χ1) is 9.52. The van der Waals surface area contributed by atoms with Gasteiger partial charge in [-0.1, -0.05) is 18.2 Å². The maximum atomic E-state index is 11.3. The van der Waals surface area contributed by atoms with E-state index in [2.05, 4.69) is 11.1 Å². The van der Waals surface area contributed by atoms with Gasteiger partial charge in [0.05, 0.1) is 0 Å². The van der Waals surface area contributed by atoms with E-state index in [9.17, 15) is 14.7 Å². The lowest BCUT2D eigenvalue weighted by Crippen LogP contribution is -2.59. The molecule has 1 amide bonds. The maximum Gasteiger partial charge on any atom is 0.326 e. The Morgan fingerprint density at radius 3 is 2.75 bits per heavy atom. The molecule has 0 aliphatic heterocycles. The highest BCUT2D eigenvalue weighted by Gasteiger charge is 2.22. The highest BCUT2D eigenvalue weighted by molar-refractivity contribution is 5.87. The van der Waals surface area contributed by atoms with Gasteiger partial charge in [0, 0.05) is 30.6 Å². The quantitative estimate of drug-likeness (QED) is 0.688. The van der Waals surface area contributed by atoms with E-state index in [-0.39, 0.29) is 18.9 Å². The second-order valence-electron chi connectivity index (χ2n) is 4.69. The molecule has 1 aromatic carbocycles. The number of rotatable bonds is 5. The van der Waals surface area contributed by atoms with Crippen molar-refractivity contribution in [2.45, 2.75) is 12.5 Å². The van der Waals surface area contributed by atoms with E-state index in [4.69, 9.17) is 0 Å². The third kappa shape index (κ3) is 2.80. The fraction of sp³-hybridized carbons (Fsp3) is 0.286. The molecule has 0 bridgehead atoms. The molecule has 6 heteroatoms. The Hall–Kier alpha value is -2.34. The number of aliphatic carboxylic acids is 1. The number of carbonyl (C=O) groups is 2. The fourth-order valence-corrected chi connectivity index (χ4v) is 2.27. The Labute approximate surface area is 116 Å². The van der Waals surface area contributed by atoms with Crippen LogP contribution in [0.4, 0.5) is 0 Å². The molecule has 0 unspecified atom stereocenters. The zero-order chi connectivity index (χ0) is 14.7. The van der Waals surface area contributed by atoms with Crippen molar-refractivity contribution in [3.63, 3.8) is 0 Å². The van der Waals surface area contributed by atoms with Gasteiger partial charge in [-0.25, -0.2) is 4.79 Å². The minimum Gasteiger partial charge on any atom is -0.480 e. The molecule has 0 saturated heterocycles. The standard InChI is InChI=1S/C14H17N3O3/c1-17-8-9(10-4-2-3-5-12(10)17)6-11(14(19)20)16-13(18)7-15/h2-5,8,11H,6-7,15H2,1H3,(H,16,18)(H,19,20)/p+1/t11-/m1/s1. The average Bonchev–Trinajstić information content (AvgIpc) is 2.75. The summed E-state index contributed by atoms with van der Waals surface area (Å²) in [5.74, 6) is -1.41. The second-order valence-corrected chi connectivity index (χ2v) is 4.69. The van der Waals surface area contributed by atoms with Crippen LogP contribution in [-0.2, 0) is 23.1 Å². The summed E-state index contributed by atoms with van der Waals surface area (Å²) in [5.41, 5.74) is 5.39. The summed E-state index contributed by atoms with van der Waals surface area (Å²) in [6.07, 6.45) is 2.15. The molecular formula is C14H18N3O3+. The van der Waals surface area contributed by atoms with Crippen LogP contribution in [-0.4, -0.2) is 34.1 Å². The van der Waals surface area contributed by atoms with Gasteiger partial charge < -0.3 is 20.7 Å². The molecule has 0 radical (unpaired) electrons. The number of para-hydroxylation sites is 1. The number of benzene rings is 1. The van der Waals surface area contributed by atoms with Gasteiger partial charge in [0.2, 0.25) is 0 Å². The summed E-state index contributed by atoms with van der Waals surface area (Å²) in [4.78, 5) is 22.6. The van der Waals surface area contributed by atoms with Gasteiger partial charge in [0.25, 0.3) is 5.91 Å². The van der Waals surface area contributed by atoms with Crippen molar-refractivity contribution in [3.8, 4) is 0 Å². The molecule has 1 heterocycles. The molecule has 0 aliphatic rings. The lowest BCUT2D eigenvalue weighted by atomic mass is 10.1. The van der Waals surface area contributed by atoms with E-state index in [1.54, 1.807) is 0 Å². The van der Waals surface area contributed by atoms with Crippen molar-refractivity contribution < 1.29 is 20.4 Å². The monoisotopic (exact) mass is 276 g/mol. The van der Waals surface area contributed by atoms with Crippen LogP contribution in [0.25, 0.3) is 10.9 Å². The number of aryl methyl sites for hydroxylation is 1. The van der Waals surface area contributed by atoms with Crippen molar-refractivity contribution in [1.82, 2.24) is 9.88 Å². The number of carboxylic acid groups (broad SMARTS) is 1. The van der Waals surface area contributed by atoms with Crippen molar-refractivity contribution in [2.75, 3.05) is 6.54 Å². The lowest BCUT2D eigenvalue weighted by Gasteiger charge is -2.12. The molecule has 0 spiro atoms. The van der Waals surface area contributed by atoms with Crippen molar-refractivity contribution >= 4 is 22.8 Å². The number of nitrogens with one attached hydrogen (secondary N) is 1. The first-order valence-corrected chi connectivity index (χ1v) is 6.37. The lowest BCUT2D eigenvalue weighted by molar-refractivity contribution is -0.355. The summed E-state index contributed by atoms with van der Waals surface area (Å²) < 4.78 is 1.95. The molecule has 106 valence electrons. The SMILES string of the molecule is Cn1cc(C[C@@H](NC(=O)C[NH3+])C(=O)O)c2ccccc21. The largest absolute Gasteiger partial charge is 0.480 e. The molecular weight excluding hydrogens is 258 g/mol. The van der Waals surface area contributed by atoms with Crippen LogP contribution in [0.1, 0.15) is 5.56 Å². The number of fused-ring (bicyclic) bond motifs is 1. The van der Waals surface area contributed by atoms with Crippen LogP contribution in [0.3, 0.4) is 0 Å². The van der Waals surface area contributed by atoms with Crippen LogP contribution in [0.2, 0.25) is 0 Å². The van der Waals surface area contributed by atoms with Crippen molar-refractivity contribution in [1.29, 1.82) is 0 Å². The molecule has 1 atom stereocenters. The van der Waals surface area contributed by atoms with E-state index in [1.807, 2.05) is 42.1 Å². The van der Waals surface area contributed by atoms with Crippen LogP contribution in [0.15, 0.2) is 30.5 Å². The number of amides is 1. The Morgan fingerprint density at radius 1 is 1.40 bits per heavy atom. The van der Waals surface area contributed by atoms with Gasteiger partial charge in [0.15, 0.2) is 6.54 Å². The van der Waals surface area contributed by atoms with Gasteiger partial charge in [-0.05, 0) is 11.6 Å². The van der Waals surface area contributed by atoms with Gasteiger partial charge in [-0.3, -0.25) is 4.79 Å². The number of nitrogens with zero attached hydrogens (tertiary/aromatic N) is 1. The molecule has 2 aromatic rings. The second kappa shape index (κ2) is 5.75. The van der Waals surface area contributed by atoms with E-state index < -0.39 is 12.0 Å². The highest BCUT2D eigenvalue weighted by atomic mass is 16.4. The topological polar surface area (TPSA) is 99.0 Å². The third-order valence-corrected chi connectivity index (χ3v) is 3.26. The summed E-state index contributed by atoms with van der Waals surface area (Å²) in [6, 6.07) is 6.84. The Bertz CT molecular complexity index is 648. The number of carbonyl (C=O) groups excluding carboxylic acids is 1. The third-order valence-electron chi connectivity index (χ3n) is 3.26. The molecule has 1 aromatic heterocycles. The van der Waals surface area contributed by atoms with Crippen LogP contribution in [0, 0.1) is 0 Å². The van der Waals surface area contributed by atoms with E-state index in [0.717, 1.165) is 16.5 Å². The maximum absolute atomic E-state index is 11.3. The molecule has 0 fully saturated rings. The smallest absolute Gasteiger partial charge is 0.326 e. The van der Waals surface area contributed by atoms with E-state index in [0.29, 0.717) is 0 Å². The van der Waals surface area contributed by atoms with Crippen LogP contribution in [0.5, 0.6) is 0 Å². The summed E-state index contributed by atoms with van der Waals surface area (Å²) in [5, 5.41) is 12.7. The molecule has 20 heavy (non-hydrogen) atoms. The Balaban J connectivity index is 2.29. The predicted octanol–water partition coefficient (Wildman–Crippen LogP) is -0.468. The van der Waals surface area contributed by atoms with Gasteiger partial charge >= 0.3 is 5.97 Å². The Morgan fingerprint density at radius 2 is 2.10 bits per heavy atom. The summed E-state index contributed by atoms with van der Waals surface area (Å²) in [7, 11) is 1.91. The van der Waals surface area contributed by atoms with Gasteiger partial charge in [-0.15, -0.1) is 0 Å². The van der Waals surface area contributed by atoms with E-state index >= 15 is 0 Å². The predicted molar refractivity (Wildman–Crippen MR) is 73.9 cm³/mol. The van der Waals surface area contributed by atoms with Gasteiger partial charge in [0.1, 0.15) is 6.04 Å². The number of aromatic nitrogens is 1. The molecule has 5 N–H and O–H groups in total. The van der Waals surface area contributed by atoms with Crippen LogP contribution < -0.4 is 11.1 Å². The summed E-state index contributed by atoms with van der Waals surface area (Å²) >= 11 is 0. The minimum absolute atomic E-state index is 0.0271. The molecule has 0 saturated carbocycles. The highest BCUT2D eigenvalue weighted by Crippen LogP contribution is 2.21. The Kier molecular flexibility index (Phi) is 4.05. The van der Waals surface area contributed by atoms with Crippen molar-refractivity contribution in [2.24, 2.45) is 7.05 Å². The minimum atomic E-state index is -1.04. The van der Waals surface area contributed by atoms with Crippen LogP contribution >= 0.6 is 0 Å².